The van der Waals surface area contributed by atoms with Crippen molar-refractivity contribution < 1.29 is 9.18 Å². The molecule has 1 heterocycles. The van der Waals surface area contributed by atoms with E-state index in [-0.39, 0.29) is 24.0 Å². The lowest BCUT2D eigenvalue weighted by atomic mass is 10.1. The second-order valence-electron chi connectivity index (χ2n) is 6.15. The lowest BCUT2D eigenvalue weighted by molar-refractivity contribution is 0.0945. The highest BCUT2D eigenvalue weighted by atomic mass is 19.1. The molecule has 0 saturated heterocycles. The molecule has 0 bridgehead atoms. The maximum atomic E-state index is 13.6. The molecular formula is C21H20FN3O. The highest BCUT2D eigenvalue weighted by Gasteiger charge is 2.09. The monoisotopic (exact) mass is 349 g/mol. The van der Waals surface area contributed by atoms with E-state index in [2.05, 4.69) is 33.8 Å². The fourth-order valence-corrected chi connectivity index (χ4v) is 2.54. The number of hydrogen-bond acceptors (Lipinski definition) is 3. The summed E-state index contributed by atoms with van der Waals surface area (Å²) >= 11 is 0. The van der Waals surface area contributed by atoms with E-state index in [0.29, 0.717) is 5.56 Å². The number of benzene rings is 2. The average Bonchev–Trinajstić information content (AvgIpc) is 2.64. The molecule has 2 N–H and O–H groups in total. The summed E-state index contributed by atoms with van der Waals surface area (Å²) in [5.41, 5.74) is 4.81. The van der Waals surface area contributed by atoms with E-state index in [0.717, 1.165) is 22.5 Å². The third-order valence-electron chi connectivity index (χ3n) is 4.07. The average molecular weight is 349 g/mol. The van der Waals surface area contributed by atoms with Crippen LogP contribution < -0.4 is 10.6 Å². The van der Waals surface area contributed by atoms with E-state index < -0.39 is 0 Å². The van der Waals surface area contributed by atoms with Crippen molar-refractivity contribution in [3.63, 3.8) is 0 Å². The van der Waals surface area contributed by atoms with E-state index in [1.54, 1.807) is 36.5 Å². The van der Waals surface area contributed by atoms with Crippen LogP contribution in [0.3, 0.4) is 0 Å². The number of carbonyl (C=O) groups excluding carboxylic acids is 1. The molecule has 0 aliphatic carbocycles. The Morgan fingerprint density at radius 1 is 1.08 bits per heavy atom. The number of anilines is 2. The number of nitrogens with zero attached hydrogens (tertiary/aromatic N) is 1. The third-order valence-corrected chi connectivity index (χ3v) is 4.07. The van der Waals surface area contributed by atoms with Crippen molar-refractivity contribution in [2.45, 2.75) is 20.4 Å². The Bertz CT molecular complexity index is 923. The molecular weight excluding hydrogens is 329 g/mol. The van der Waals surface area contributed by atoms with Gasteiger partial charge in [-0.1, -0.05) is 30.3 Å². The number of aryl methyl sites for hydroxylation is 2. The van der Waals surface area contributed by atoms with Gasteiger partial charge in [0.2, 0.25) is 0 Å². The van der Waals surface area contributed by atoms with Gasteiger partial charge in [0.1, 0.15) is 11.5 Å². The molecule has 5 heteroatoms. The van der Waals surface area contributed by atoms with E-state index in [9.17, 15) is 9.18 Å². The molecule has 0 fully saturated rings. The Hall–Kier alpha value is -3.21. The van der Waals surface area contributed by atoms with Gasteiger partial charge < -0.3 is 10.6 Å². The van der Waals surface area contributed by atoms with Crippen LogP contribution in [0.15, 0.2) is 60.8 Å². The van der Waals surface area contributed by atoms with Crippen LogP contribution in [0, 0.1) is 19.7 Å². The van der Waals surface area contributed by atoms with E-state index >= 15 is 0 Å². The summed E-state index contributed by atoms with van der Waals surface area (Å²) in [5, 5.41) is 5.98. The molecule has 2 aromatic carbocycles. The minimum absolute atomic E-state index is 0.121. The molecule has 4 nitrogen and oxygen atoms in total. The van der Waals surface area contributed by atoms with Gasteiger partial charge in [-0.05, 0) is 49.2 Å². The van der Waals surface area contributed by atoms with Gasteiger partial charge in [0, 0.05) is 17.8 Å². The van der Waals surface area contributed by atoms with Gasteiger partial charge >= 0.3 is 0 Å². The number of nitrogens with one attached hydrogen (secondary N) is 2. The summed E-state index contributed by atoms with van der Waals surface area (Å²) in [6, 6.07) is 16.0. The van der Waals surface area contributed by atoms with Gasteiger partial charge in [-0.15, -0.1) is 0 Å². The molecule has 0 unspecified atom stereocenters. The number of hydrogen-bond donors (Lipinski definition) is 2. The summed E-state index contributed by atoms with van der Waals surface area (Å²) in [5.74, 6) is -0.680. The normalized spacial score (nSPS) is 10.4. The number of pyridine rings is 1. The standard InChI is InChI=1S/C21H20FN3O/c1-14-7-8-15(2)20(11-14)25-17-9-10-19(23-13-17)21(26)24-12-16-5-3-4-6-18(16)22/h3-11,13,25H,12H2,1-2H3,(H,24,26). The summed E-state index contributed by atoms with van der Waals surface area (Å²) in [6.07, 6.45) is 1.61. The van der Waals surface area contributed by atoms with Gasteiger partial charge in [-0.25, -0.2) is 9.37 Å². The number of halogens is 1. The van der Waals surface area contributed by atoms with E-state index in [1.807, 2.05) is 13.8 Å². The Balaban J connectivity index is 1.64. The van der Waals surface area contributed by atoms with Crippen LogP contribution in [0.4, 0.5) is 15.8 Å². The van der Waals surface area contributed by atoms with Crippen LogP contribution in [-0.2, 0) is 6.54 Å². The predicted octanol–water partition coefficient (Wildman–Crippen LogP) is 4.51. The molecule has 0 saturated carbocycles. The lowest BCUT2D eigenvalue weighted by Crippen LogP contribution is -2.24. The van der Waals surface area contributed by atoms with E-state index in [4.69, 9.17) is 0 Å². The molecule has 0 radical (unpaired) electrons. The number of carbonyl (C=O) groups is 1. The maximum Gasteiger partial charge on any atom is 0.270 e. The Morgan fingerprint density at radius 3 is 2.62 bits per heavy atom. The SMILES string of the molecule is Cc1ccc(C)c(Nc2ccc(C(=O)NCc3ccccc3F)nc2)c1. The smallest absolute Gasteiger partial charge is 0.270 e. The molecule has 3 aromatic rings. The predicted molar refractivity (Wildman–Crippen MR) is 101 cm³/mol. The van der Waals surface area contributed by atoms with Crippen LogP contribution in [0.2, 0.25) is 0 Å². The van der Waals surface area contributed by atoms with E-state index in [1.165, 1.54) is 6.07 Å². The molecule has 1 aromatic heterocycles. The van der Waals surface area contributed by atoms with Gasteiger partial charge in [-0.2, -0.15) is 0 Å². The molecule has 3 rings (SSSR count). The molecule has 26 heavy (non-hydrogen) atoms. The van der Waals surface area contributed by atoms with Crippen molar-refractivity contribution >= 4 is 17.3 Å². The molecule has 132 valence electrons. The molecule has 0 spiro atoms. The number of amides is 1. The molecule has 1 amide bonds. The zero-order chi connectivity index (χ0) is 18.5. The minimum atomic E-state index is -0.341. The zero-order valence-corrected chi connectivity index (χ0v) is 14.7. The molecule has 0 atom stereocenters. The summed E-state index contributed by atoms with van der Waals surface area (Å²) in [7, 11) is 0. The van der Waals surface area contributed by atoms with Gasteiger partial charge in [0.25, 0.3) is 5.91 Å². The van der Waals surface area contributed by atoms with Gasteiger partial charge in [-0.3, -0.25) is 4.79 Å². The van der Waals surface area contributed by atoms with Crippen molar-refractivity contribution in [3.8, 4) is 0 Å². The third kappa shape index (κ3) is 4.25. The van der Waals surface area contributed by atoms with Crippen molar-refractivity contribution in [2.75, 3.05) is 5.32 Å². The lowest BCUT2D eigenvalue weighted by Gasteiger charge is -2.11. The Kier molecular flexibility index (Phi) is 5.27. The summed E-state index contributed by atoms with van der Waals surface area (Å²) < 4.78 is 13.6. The molecule has 0 aliphatic rings. The highest BCUT2D eigenvalue weighted by Crippen LogP contribution is 2.21. The second-order valence-corrected chi connectivity index (χ2v) is 6.15. The quantitative estimate of drug-likeness (QED) is 0.712. The summed E-state index contributed by atoms with van der Waals surface area (Å²) in [6.45, 7) is 4.18. The number of rotatable bonds is 5. The topological polar surface area (TPSA) is 54.0 Å². The minimum Gasteiger partial charge on any atom is -0.354 e. The molecule has 0 aliphatic heterocycles. The first kappa shape index (κ1) is 17.6. The zero-order valence-electron chi connectivity index (χ0n) is 14.7. The van der Waals surface area contributed by atoms with Crippen molar-refractivity contribution in [1.29, 1.82) is 0 Å². The van der Waals surface area contributed by atoms with Crippen LogP contribution >= 0.6 is 0 Å². The Morgan fingerprint density at radius 2 is 1.88 bits per heavy atom. The van der Waals surface area contributed by atoms with Crippen LogP contribution in [0.5, 0.6) is 0 Å². The largest absolute Gasteiger partial charge is 0.354 e. The van der Waals surface area contributed by atoms with Gasteiger partial charge in [0.15, 0.2) is 0 Å². The maximum absolute atomic E-state index is 13.6. The van der Waals surface area contributed by atoms with Gasteiger partial charge in [0.05, 0.1) is 11.9 Å². The fraction of sp³-hybridized carbons (Fsp3) is 0.143. The van der Waals surface area contributed by atoms with Crippen LogP contribution in [-0.4, -0.2) is 10.9 Å². The van der Waals surface area contributed by atoms with Crippen molar-refractivity contribution in [2.24, 2.45) is 0 Å². The van der Waals surface area contributed by atoms with Crippen LogP contribution in [0.25, 0.3) is 0 Å². The second kappa shape index (κ2) is 7.78. The first-order valence-corrected chi connectivity index (χ1v) is 8.35. The van der Waals surface area contributed by atoms with Crippen molar-refractivity contribution in [3.05, 3.63) is 89.0 Å². The fourth-order valence-electron chi connectivity index (χ4n) is 2.54. The first-order chi connectivity index (χ1) is 12.5. The first-order valence-electron chi connectivity index (χ1n) is 8.35. The van der Waals surface area contributed by atoms with Crippen LogP contribution in [0.1, 0.15) is 27.2 Å². The number of aromatic nitrogens is 1. The highest BCUT2D eigenvalue weighted by molar-refractivity contribution is 5.92. The summed E-state index contributed by atoms with van der Waals surface area (Å²) in [4.78, 5) is 16.4. The Labute approximate surface area is 152 Å². The van der Waals surface area contributed by atoms with Crippen molar-refractivity contribution in [1.82, 2.24) is 10.3 Å².